The van der Waals surface area contributed by atoms with Crippen LogP contribution in [0.2, 0.25) is 0 Å². The molecule has 0 aliphatic heterocycles. The number of fused-ring (bicyclic) bond motifs is 1. The molecule has 2 aromatic rings. The van der Waals surface area contributed by atoms with Crippen LogP contribution < -0.4 is 5.56 Å². The average molecular weight is 279 g/mol. The Morgan fingerprint density at radius 1 is 1.26 bits per heavy atom. The summed E-state index contributed by atoms with van der Waals surface area (Å²) in [6.07, 6.45) is 0.914. The van der Waals surface area contributed by atoms with E-state index >= 15 is 0 Å². The largest absolute Gasteiger partial charge is 0.295 e. The molecular weight excluding hydrogens is 260 g/mol. The minimum Gasteiger partial charge on any atom is -0.295 e. The second-order valence-electron chi connectivity index (χ2n) is 5.95. The molecule has 1 heterocycles. The zero-order valence-corrected chi connectivity index (χ0v) is 12.4. The third-order valence-corrected chi connectivity index (χ3v) is 3.38. The second-order valence-corrected chi connectivity index (χ2v) is 6.21. The second kappa shape index (κ2) is 5.33. The Morgan fingerprint density at radius 3 is 2.58 bits per heavy atom. The zero-order chi connectivity index (χ0) is 14.0. The summed E-state index contributed by atoms with van der Waals surface area (Å²) < 4.78 is 1.71. The molecule has 0 fully saturated rings. The van der Waals surface area contributed by atoms with Crippen LogP contribution in [0, 0.1) is 5.41 Å². The van der Waals surface area contributed by atoms with E-state index in [9.17, 15) is 4.79 Å². The molecule has 1 aromatic carbocycles. The zero-order valence-electron chi connectivity index (χ0n) is 11.6. The first kappa shape index (κ1) is 14.1. The van der Waals surface area contributed by atoms with Crippen molar-refractivity contribution in [2.45, 2.75) is 39.6 Å². The van der Waals surface area contributed by atoms with Gasteiger partial charge < -0.3 is 0 Å². The molecule has 0 saturated heterocycles. The van der Waals surface area contributed by atoms with Crippen molar-refractivity contribution in [1.29, 1.82) is 0 Å². The summed E-state index contributed by atoms with van der Waals surface area (Å²) in [7, 11) is 0. The van der Waals surface area contributed by atoms with Crippen molar-refractivity contribution in [1.82, 2.24) is 9.55 Å². The number of aromatic nitrogens is 2. The van der Waals surface area contributed by atoms with Gasteiger partial charge in [-0.3, -0.25) is 9.36 Å². The van der Waals surface area contributed by atoms with E-state index in [-0.39, 0.29) is 16.9 Å². The van der Waals surface area contributed by atoms with E-state index in [1.54, 1.807) is 4.57 Å². The third-order valence-electron chi connectivity index (χ3n) is 3.15. The maximum absolute atomic E-state index is 12.5. The predicted molar refractivity (Wildman–Crippen MR) is 79.6 cm³/mol. The predicted octanol–water partition coefficient (Wildman–Crippen LogP) is 3.57. The standard InChI is InChI=1S/C15H19ClN2O/c1-15(2,3)8-9-18-13(10-16)17-12-7-5-4-6-11(12)14(18)19/h4-7H,8-10H2,1-3H3. The minimum absolute atomic E-state index is 0.00509. The Bertz CT molecular complexity index is 641. The summed E-state index contributed by atoms with van der Waals surface area (Å²) in [5.41, 5.74) is 0.898. The molecule has 0 aliphatic rings. The third kappa shape index (κ3) is 3.16. The number of rotatable bonds is 3. The van der Waals surface area contributed by atoms with E-state index in [0.29, 0.717) is 17.8 Å². The van der Waals surface area contributed by atoms with Crippen LogP contribution in [-0.4, -0.2) is 9.55 Å². The van der Waals surface area contributed by atoms with Crippen molar-refractivity contribution >= 4 is 22.5 Å². The van der Waals surface area contributed by atoms with Crippen LogP contribution in [0.3, 0.4) is 0 Å². The van der Waals surface area contributed by atoms with E-state index in [1.807, 2.05) is 24.3 Å². The highest BCUT2D eigenvalue weighted by molar-refractivity contribution is 6.16. The summed E-state index contributed by atoms with van der Waals surface area (Å²) in [6.45, 7) is 7.13. The van der Waals surface area contributed by atoms with Crippen LogP contribution in [-0.2, 0) is 12.4 Å². The minimum atomic E-state index is 0.00509. The van der Waals surface area contributed by atoms with Crippen LogP contribution in [0.4, 0.5) is 0 Å². The monoisotopic (exact) mass is 278 g/mol. The first-order valence-electron chi connectivity index (χ1n) is 6.47. The molecule has 0 spiro atoms. The van der Waals surface area contributed by atoms with Crippen molar-refractivity contribution in [2.75, 3.05) is 0 Å². The number of hydrogen-bond acceptors (Lipinski definition) is 2. The number of halogens is 1. The summed E-state index contributed by atoms with van der Waals surface area (Å²) in [6, 6.07) is 7.41. The first-order chi connectivity index (χ1) is 8.92. The van der Waals surface area contributed by atoms with Gasteiger partial charge in [-0.15, -0.1) is 11.6 Å². The molecule has 4 heteroatoms. The van der Waals surface area contributed by atoms with Gasteiger partial charge in [-0.25, -0.2) is 4.98 Å². The van der Waals surface area contributed by atoms with Crippen LogP contribution >= 0.6 is 11.6 Å². The molecule has 3 nitrogen and oxygen atoms in total. The van der Waals surface area contributed by atoms with E-state index in [0.717, 1.165) is 11.9 Å². The molecule has 0 saturated carbocycles. The lowest BCUT2D eigenvalue weighted by atomic mass is 9.92. The van der Waals surface area contributed by atoms with E-state index < -0.39 is 0 Å². The molecule has 0 amide bonds. The van der Waals surface area contributed by atoms with Gasteiger partial charge in [0.1, 0.15) is 5.82 Å². The molecule has 0 N–H and O–H groups in total. The normalized spacial score (nSPS) is 12.0. The van der Waals surface area contributed by atoms with Crippen molar-refractivity contribution in [3.8, 4) is 0 Å². The van der Waals surface area contributed by atoms with Gasteiger partial charge >= 0.3 is 0 Å². The van der Waals surface area contributed by atoms with Crippen molar-refractivity contribution in [3.63, 3.8) is 0 Å². The fourth-order valence-corrected chi connectivity index (χ4v) is 2.20. The van der Waals surface area contributed by atoms with Gasteiger partial charge in [0.2, 0.25) is 0 Å². The molecule has 0 unspecified atom stereocenters. The quantitative estimate of drug-likeness (QED) is 0.805. The number of hydrogen-bond donors (Lipinski definition) is 0. The van der Waals surface area contributed by atoms with E-state index in [1.165, 1.54) is 0 Å². The number of benzene rings is 1. The van der Waals surface area contributed by atoms with Crippen LogP contribution in [0.1, 0.15) is 33.0 Å². The molecule has 0 bridgehead atoms. The molecule has 1 aromatic heterocycles. The van der Waals surface area contributed by atoms with Crippen molar-refractivity contribution in [2.24, 2.45) is 5.41 Å². The van der Waals surface area contributed by atoms with E-state index in [4.69, 9.17) is 11.6 Å². The maximum atomic E-state index is 12.5. The molecular formula is C15H19ClN2O. The topological polar surface area (TPSA) is 34.9 Å². The fourth-order valence-electron chi connectivity index (χ4n) is 1.99. The van der Waals surface area contributed by atoms with Gasteiger partial charge in [0, 0.05) is 6.54 Å². The van der Waals surface area contributed by atoms with Crippen LogP contribution in [0.15, 0.2) is 29.1 Å². The highest BCUT2D eigenvalue weighted by Crippen LogP contribution is 2.20. The van der Waals surface area contributed by atoms with Crippen molar-refractivity contribution < 1.29 is 0 Å². The van der Waals surface area contributed by atoms with Gasteiger partial charge in [0.25, 0.3) is 5.56 Å². The summed E-state index contributed by atoms with van der Waals surface area (Å²) >= 11 is 5.93. The van der Waals surface area contributed by atoms with Crippen LogP contribution in [0.5, 0.6) is 0 Å². The molecule has 0 radical (unpaired) electrons. The SMILES string of the molecule is CC(C)(C)CCn1c(CCl)nc2ccccc2c1=O. The molecule has 2 rings (SSSR count). The lowest BCUT2D eigenvalue weighted by Gasteiger charge is -2.20. The Morgan fingerprint density at radius 2 is 1.95 bits per heavy atom. The Kier molecular flexibility index (Phi) is 3.95. The summed E-state index contributed by atoms with van der Waals surface area (Å²) in [5, 5.41) is 0.658. The Labute approximate surface area is 118 Å². The Hall–Kier alpha value is -1.35. The van der Waals surface area contributed by atoms with Crippen molar-refractivity contribution in [3.05, 3.63) is 40.4 Å². The maximum Gasteiger partial charge on any atom is 0.261 e. The first-order valence-corrected chi connectivity index (χ1v) is 7.00. The number of para-hydroxylation sites is 1. The summed E-state index contributed by atoms with van der Waals surface area (Å²) in [4.78, 5) is 17.0. The molecule has 102 valence electrons. The smallest absolute Gasteiger partial charge is 0.261 e. The van der Waals surface area contributed by atoms with E-state index in [2.05, 4.69) is 25.8 Å². The highest BCUT2D eigenvalue weighted by atomic mass is 35.5. The lowest BCUT2D eigenvalue weighted by molar-refractivity contribution is 0.345. The fraction of sp³-hybridized carbons (Fsp3) is 0.467. The lowest BCUT2D eigenvalue weighted by Crippen LogP contribution is -2.26. The van der Waals surface area contributed by atoms with Crippen LogP contribution in [0.25, 0.3) is 10.9 Å². The number of nitrogens with zero attached hydrogens (tertiary/aromatic N) is 2. The Balaban J connectivity index is 2.52. The van der Waals surface area contributed by atoms with Gasteiger partial charge in [0.15, 0.2) is 0 Å². The van der Waals surface area contributed by atoms with Gasteiger partial charge in [-0.1, -0.05) is 32.9 Å². The van der Waals surface area contributed by atoms with Gasteiger partial charge in [-0.05, 0) is 24.0 Å². The molecule has 19 heavy (non-hydrogen) atoms. The molecule has 0 aliphatic carbocycles. The summed E-state index contributed by atoms with van der Waals surface area (Å²) in [5.74, 6) is 0.902. The number of alkyl halides is 1. The average Bonchev–Trinajstić information content (AvgIpc) is 2.36. The van der Waals surface area contributed by atoms with Gasteiger partial charge in [-0.2, -0.15) is 0 Å². The molecule has 0 atom stereocenters. The highest BCUT2D eigenvalue weighted by Gasteiger charge is 2.14. The van der Waals surface area contributed by atoms with Gasteiger partial charge in [0.05, 0.1) is 16.8 Å².